The molecule has 0 amide bonds. The maximum Gasteiger partial charge on any atom is 0.120 e. The third kappa shape index (κ3) is 2.26. The summed E-state index contributed by atoms with van der Waals surface area (Å²) >= 11 is 0. The molecule has 1 fully saturated rings. The molecular formula is C18H22N2O. The van der Waals surface area contributed by atoms with Crippen molar-refractivity contribution in [3.05, 3.63) is 41.6 Å². The van der Waals surface area contributed by atoms with Crippen LogP contribution in [0.4, 0.5) is 0 Å². The Morgan fingerprint density at radius 3 is 2.81 bits per heavy atom. The summed E-state index contributed by atoms with van der Waals surface area (Å²) in [5.41, 5.74) is 11.2. The number of ether oxygens (including phenoxy) is 1. The minimum atomic E-state index is 0.416. The highest BCUT2D eigenvalue weighted by atomic mass is 16.5. The maximum atomic E-state index is 6.16. The van der Waals surface area contributed by atoms with Crippen LogP contribution in [0, 0.1) is 0 Å². The Kier molecular flexibility index (Phi) is 3.23. The van der Waals surface area contributed by atoms with Gasteiger partial charge in [-0.2, -0.15) is 0 Å². The highest BCUT2D eigenvalue weighted by Crippen LogP contribution is 2.39. The number of fused-ring (bicyclic) bond motifs is 3. The minimum Gasteiger partial charge on any atom is -0.490 e. The zero-order chi connectivity index (χ0) is 14.2. The van der Waals surface area contributed by atoms with Crippen molar-refractivity contribution >= 4 is 0 Å². The summed E-state index contributed by atoms with van der Waals surface area (Å²) in [6, 6.07) is 8.82. The molecule has 0 bridgehead atoms. The lowest BCUT2D eigenvalue weighted by atomic mass is 10.1. The van der Waals surface area contributed by atoms with Crippen LogP contribution in [0.3, 0.4) is 0 Å². The highest BCUT2D eigenvalue weighted by Gasteiger charge is 2.23. The molecule has 0 spiro atoms. The third-order valence-electron chi connectivity index (χ3n) is 4.74. The van der Waals surface area contributed by atoms with Gasteiger partial charge in [-0.1, -0.05) is 6.07 Å². The standard InChI is InChI=1S/C18H22N2O/c19-8-10-20-9-7-14-11-13-5-6-16(12-17(13)18(14)20)21-15-3-1-2-4-15/h5-7,9,12,15H,1-4,8,10-11,19H2. The molecular weight excluding hydrogens is 260 g/mol. The highest BCUT2D eigenvalue weighted by molar-refractivity contribution is 5.75. The first-order valence-corrected chi connectivity index (χ1v) is 8.03. The Morgan fingerprint density at radius 2 is 2.00 bits per heavy atom. The number of benzene rings is 1. The quantitative estimate of drug-likeness (QED) is 0.797. The van der Waals surface area contributed by atoms with Crippen LogP contribution in [0.25, 0.3) is 11.3 Å². The van der Waals surface area contributed by atoms with Crippen LogP contribution in [-0.2, 0) is 13.0 Å². The van der Waals surface area contributed by atoms with E-state index in [-0.39, 0.29) is 0 Å². The van der Waals surface area contributed by atoms with Gasteiger partial charge >= 0.3 is 0 Å². The lowest BCUT2D eigenvalue weighted by Crippen LogP contribution is -2.11. The van der Waals surface area contributed by atoms with Gasteiger partial charge in [0.05, 0.1) is 11.8 Å². The van der Waals surface area contributed by atoms with Gasteiger partial charge in [0, 0.05) is 31.3 Å². The largest absolute Gasteiger partial charge is 0.490 e. The summed E-state index contributed by atoms with van der Waals surface area (Å²) in [7, 11) is 0. The lowest BCUT2D eigenvalue weighted by Gasteiger charge is -2.15. The van der Waals surface area contributed by atoms with E-state index in [0.29, 0.717) is 12.6 Å². The van der Waals surface area contributed by atoms with E-state index in [2.05, 4.69) is 35.0 Å². The fourth-order valence-corrected chi connectivity index (χ4v) is 3.72. The zero-order valence-corrected chi connectivity index (χ0v) is 12.3. The van der Waals surface area contributed by atoms with Gasteiger partial charge in [-0.3, -0.25) is 0 Å². The number of aromatic nitrogens is 1. The average molecular weight is 282 g/mol. The number of nitrogens with two attached hydrogens (primary N) is 1. The number of nitrogens with zero attached hydrogens (tertiary/aromatic N) is 1. The van der Waals surface area contributed by atoms with Crippen molar-refractivity contribution in [2.24, 2.45) is 5.73 Å². The van der Waals surface area contributed by atoms with Crippen LogP contribution in [-0.4, -0.2) is 17.2 Å². The molecule has 110 valence electrons. The molecule has 2 aliphatic rings. The van der Waals surface area contributed by atoms with E-state index >= 15 is 0 Å². The molecule has 2 aromatic rings. The topological polar surface area (TPSA) is 40.2 Å². The van der Waals surface area contributed by atoms with Crippen LogP contribution in [0.15, 0.2) is 30.5 Å². The van der Waals surface area contributed by atoms with E-state index in [0.717, 1.165) is 18.7 Å². The molecule has 0 aliphatic heterocycles. The first-order valence-electron chi connectivity index (χ1n) is 8.03. The molecule has 21 heavy (non-hydrogen) atoms. The van der Waals surface area contributed by atoms with Crippen LogP contribution in [0.2, 0.25) is 0 Å². The molecule has 3 heteroatoms. The van der Waals surface area contributed by atoms with Crippen LogP contribution < -0.4 is 10.5 Å². The molecule has 0 saturated heterocycles. The Bertz CT molecular complexity index is 653. The van der Waals surface area contributed by atoms with Crippen LogP contribution >= 0.6 is 0 Å². The molecule has 0 radical (unpaired) electrons. The van der Waals surface area contributed by atoms with E-state index in [1.807, 2.05) is 0 Å². The monoisotopic (exact) mass is 282 g/mol. The predicted octanol–water partition coefficient (Wildman–Crippen LogP) is 3.34. The molecule has 1 aromatic heterocycles. The number of hydrogen-bond acceptors (Lipinski definition) is 2. The third-order valence-corrected chi connectivity index (χ3v) is 4.74. The Balaban J connectivity index is 1.66. The van der Waals surface area contributed by atoms with Crippen molar-refractivity contribution in [1.82, 2.24) is 4.57 Å². The van der Waals surface area contributed by atoms with Gasteiger partial charge in [0.25, 0.3) is 0 Å². The Hall–Kier alpha value is -1.74. The number of rotatable bonds is 4. The van der Waals surface area contributed by atoms with Crippen molar-refractivity contribution in [1.29, 1.82) is 0 Å². The first-order chi connectivity index (χ1) is 10.3. The molecule has 1 aromatic carbocycles. The van der Waals surface area contributed by atoms with E-state index in [4.69, 9.17) is 10.5 Å². The summed E-state index contributed by atoms with van der Waals surface area (Å²) in [6.45, 7) is 1.55. The van der Waals surface area contributed by atoms with Gasteiger partial charge in [0.2, 0.25) is 0 Å². The second-order valence-electron chi connectivity index (χ2n) is 6.19. The molecule has 1 saturated carbocycles. The maximum absolute atomic E-state index is 6.16. The second kappa shape index (κ2) is 5.23. The van der Waals surface area contributed by atoms with E-state index in [1.54, 1.807) is 0 Å². The van der Waals surface area contributed by atoms with Crippen LogP contribution in [0.1, 0.15) is 36.8 Å². The van der Waals surface area contributed by atoms with E-state index in [1.165, 1.54) is 48.1 Å². The molecule has 1 heterocycles. The summed E-state index contributed by atoms with van der Waals surface area (Å²) in [5.74, 6) is 1.02. The zero-order valence-electron chi connectivity index (χ0n) is 12.3. The van der Waals surface area contributed by atoms with Crippen molar-refractivity contribution in [2.45, 2.75) is 44.8 Å². The molecule has 0 unspecified atom stereocenters. The lowest BCUT2D eigenvalue weighted by molar-refractivity contribution is 0.210. The van der Waals surface area contributed by atoms with Gasteiger partial charge in [0.15, 0.2) is 0 Å². The minimum absolute atomic E-state index is 0.416. The normalized spacial score (nSPS) is 17.0. The van der Waals surface area contributed by atoms with E-state index in [9.17, 15) is 0 Å². The molecule has 3 nitrogen and oxygen atoms in total. The number of hydrogen-bond donors (Lipinski definition) is 1. The van der Waals surface area contributed by atoms with Crippen molar-refractivity contribution < 1.29 is 4.74 Å². The second-order valence-corrected chi connectivity index (χ2v) is 6.19. The summed E-state index contributed by atoms with van der Waals surface area (Å²) in [5, 5.41) is 0. The van der Waals surface area contributed by atoms with Crippen molar-refractivity contribution in [3.8, 4) is 17.0 Å². The smallest absolute Gasteiger partial charge is 0.120 e. The first kappa shape index (κ1) is 13.0. The van der Waals surface area contributed by atoms with Gasteiger partial charge in [0.1, 0.15) is 5.75 Å². The fraction of sp³-hybridized carbons (Fsp3) is 0.444. The Morgan fingerprint density at radius 1 is 1.14 bits per heavy atom. The SMILES string of the molecule is NCCn1ccc2c1-c1cc(OC3CCCC3)ccc1C2. The van der Waals surface area contributed by atoms with Gasteiger partial charge in [-0.25, -0.2) is 0 Å². The van der Waals surface area contributed by atoms with Gasteiger partial charge in [-0.05, 0) is 55.0 Å². The summed E-state index contributed by atoms with van der Waals surface area (Å²) in [4.78, 5) is 0. The summed E-state index contributed by atoms with van der Waals surface area (Å²) in [6.07, 6.45) is 8.62. The van der Waals surface area contributed by atoms with Crippen LogP contribution in [0.5, 0.6) is 5.75 Å². The molecule has 0 atom stereocenters. The Labute approximate surface area is 125 Å². The fourth-order valence-electron chi connectivity index (χ4n) is 3.72. The van der Waals surface area contributed by atoms with Gasteiger partial charge in [-0.15, -0.1) is 0 Å². The molecule has 2 N–H and O–H groups in total. The van der Waals surface area contributed by atoms with E-state index < -0.39 is 0 Å². The summed E-state index contributed by atoms with van der Waals surface area (Å²) < 4.78 is 8.44. The van der Waals surface area contributed by atoms with Crippen molar-refractivity contribution in [2.75, 3.05) is 6.54 Å². The van der Waals surface area contributed by atoms with Crippen molar-refractivity contribution in [3.63, 3.8) is 0 Å². The predicted molar refractivity (Wildman–Crippen MR) is 84.6 cm³/mol. The van der Waals surface area contributed by atoms with Gasteiger partial charge < -0.3 is 15.0 Å². The molecule has 2 aliphatic carbocycles. The molecule has 4 rings (SSSR count). The average Bonchev–Trinajstić information content (AvgIpc) is 3.17.